The fourth-order valence-electron chi connectivity index (χ4n) is 2.20. The molecule has 0 aliphatic heterocycles. The lowest BCUT2D eigenvalue weighted by Gasteiger charge is -2.06. The molecule has 0 bridgehead atoms. The van der Waals surface area contributed by atoms with Crippen molar-refractivity contribution in [2.24, 2.45) is 0 Å². The van der Waals surface area contributed by atoms with Crippen molar-refractivity contribution in [3.63, 3.8) is 0 Å². The van der Waals surface area contributed by atoms with Gasteiger partial charge in [-0.05, 0) is 53.8 Å². The Labute approximate surface area is 98.9 Å². The van der Waals surface area contributed by atoms with Crippen molar-refractivity contribution >= 4 is 21.5 Å². The van der Waals surface area contributed by atoms with E-state index in [9.17, 15) is 4.39 Å². The average molecular weight is 225 g/mol. The summed E-state index contributed by atoms with van der Waals surface area (Å²) < 4.78 is 13.6. The molecule has 1 nitrogen and oxygen atoms in total. The van der Waals surface area contributed by atoms with Gasteiger partial charge in [0.15, 0.2) is 0 Å². The van der Waals surface area contributed by atoms with Gasteiger partial charge >= 0.3 is 0 Å². The standard InChI is InChI=1S/C15H12FN/c1-9-5-11-3-4-12-6-10(2)17-8-14(12)13(11)7-15(9)16/h3-8H,1-2H3. The average Bonchev–Trinajstić information content (AvgIpc) is 2.30. The van der Waals surface area contributed by atoms with Crippen molar-refractivity contribution in [3.05, 3.63) is 53.6 Å². The maximum absolute atomic E-state index is 13.6. The lowest BCUT2D eigenvalue weighted by Crippen LogP contribution is -1.86. The quantitative estimate of drug-likeness (QED) is 0.524. The second-order valence-corrected chi connectivity index (χ2v) is 4.43. The van der Waals surface area contributed by atoms with Crippen molar-refractivity contribution in [1.29, 1.82) is 0 Å². The maximum atomic E-state index is 13.6. The van der Waals surface area contributed by atoms with E-state index in [1.165, 1.54) is 0 Å². The van der Waals surface area contributed by atoms with Gasteiger partial charge in [0.05, 0.1) is 0 Å². The summed E-state index contributed by atoms with van der Waals surface area (Å²) in [5, 5.41) is 4.10. The van der Waals surface area contributed by atoms with Crippen LogP contribution >= 0.6 is 0 Å². The largest absolute Gasteiger partial charge is 0.261 e. The summed E-state index contributed by atoms with van der Waals surface area (Å²) in [7, 11) is 0. The molecule has 1 heterocycles. The Morgan fingerprint density at radius 2 is 1.65 bits per heavy atom. The lowest BCUT2D eigenvalue weighted by molar-refractivity contribution is 0.620. The first-order chi connectivity index (χ1) is 8.15. The van der Waals surface area contributed by atoms with Crippen LogP contribution in [0.15, 0.2) is 36.5 Å². The third kappa shape index (κ3) is 1.57. The highest BCUT2D eigenvalue weighted by atomic mass is 19.1. The molecule has 84 valence electrons. The summed E-state index contributed by atoms with van der Waals surface area (Å²) in [5.41, 5.74) is 1.65. The van der Waals surface area contributed by atoms with Crippen LogP contribution in [0.25, 0.3) is 21.5 Å². The van der Waals surface area contributed by atoms with Crippen molar-refractivity contribution in [2.45, 2.75) is 13.8 Å². The molecule has 2 heteroatoms. The molecule has 0 N–H and O–H groups in total. The zero-order valence-corrected chi connectivity index (χ0v) is 9.79. The fraction of sp³-hybridized carbons (Fsp3) is 0.133. The number of aryl methyl sites for hydroxylation is 2. The van der Waals surface area contributed by atoms with Crippen LogP contribution in [0.2, 0.25) is 0 Å². The Kier molecular flexibility index (Phi) is 2.11. The number of hydrogen-bond donors (Lipinski definition) is 0. The summed E-state index contributed by atoms with van der Waals surface area (Å²) in [6.07, 6.45) is 1.82. The van der Waals surface area contributed by atoms with Gasteiger partial charge < -0.3 is 0 Å². The van der Waals surface area contributed by atoms with E-state index in [4.69, 9.17) is 0 Å². The molecule has 3 rings (SSSR count). The first kappa shape index (κ1) is 10.2. The van der Waals surface area contributed by atoms with Crippen LogP contribution in [0.3, 0.4) is 0 Å². The third-order valence-electron chi connectivity index (χ3n) is 3.14. The Morgan fingerprint density at radius 1 is 0.941 bits per heavy atom. The van der Waals surface area contributed by atoms with Crippen molar-refractivity contribution < 1.29 is 4.39 Å². The van der Waals surface area contributed by atoms with E-state index in [-0.39, 0.29) is 5.82 Å². The normalized spacial score (nSPS) is 11.2. The second kappa shape index (κ2) is 3.52. The van der Waals surface area contributed by atoms with Gasteiger partial charge in [-0.1, -0.05) is 12.1 Å². The minimum atomic E-state index is -0.162. The molecule has 0 unspecified atom stereocenters. The van der Waals surface area contributed by atoms with Crippen LogP contribution in [0.1, 0.15) is 11.3 Å². The summed E-state index contributed by atoms with van der Waals surface area (Å²) in [4.78, 5) is 4.29. The molecule has 2 aromatic carbocycles. The van der Waals surface area contributed by atoms with E-state index in [1.807, 2.05) is 31.3 Å². The number of fused-ring (bicyclic) bond motifs is 3. The monoisotopic (exact) mass is 225 g/mol. The topological polar surface area (TPSA) is 12.9 Å². The minimum absolute atomic E-state index is 0.162. The fourth-order valence-corrected chi connectivity index (χ4v) is 2.20. The van der Waals surface area contributed by atoms with Crippen LogP contribution in [0.4, 0.5) is 4.39 Å². The van der Waals surface area contributed by atoms with Crippen LogP contribution in [0, 0.1) is 19.7 Å². The molecule has 0 aliphatic rings. The Morgan fingerprint density at radius 3 is 2.41 bits per heavy atom. The second-order valence-electron chi connectivity index (χ2n) is 4.43. The molecule has 0 radical (unpaired) electrons. The Hall–Kier alpha value is -1.96. The molecule has 0 saturated carbocycles. The molecule has 17 heavy (non-hydrogen) atoms. The number of hydrogen-bond acceptors (Lipinski definition) is 1. The van der Waals surface area contributed by atoms with Crippen molar-refractivity contribution in [3.8, 4) is 0 Å². The third-order valence-corrected chi connectivity index (χ3v) is 3.14. The molecular weight excluding hydrogens is 213 g/mol. The molecule has 0 saturated heterocycles. The van der Waals surface area contributed by atoms with E-state index in [1.54, 1.807) is 13.0 Å². The number of benzene rings is 2. The zero-order chi connectivity index (χ0) is 12.0. The first-order valence-electron chi connectivity index (χ1n) is 5.60. The number of pyridine rings is 1. The van der Waals surface area contributed by atoms with Gasteiger partial charge in [0.25, 0.3) is 0 Å². The Bertz CT molecular complexity index is 732. The van der Waals surface area contributed by atoms with Gasteiger partial charge in [-0.25, -0.2) is 4.39 Å². The number of aromatic nitrogens is 1. The predicted octanol–water partition coefficient (Wildman–Crippen LogP) is 4.14. The molecule has 0 aliphatic carbocycles. The zero-order valence-electron chi connectivity index (χ0n) is 9.79. The molecule has 3 aromatic rings. The van der Waals surface area contributed by atoms with Gasteiger partial charge in [0, 0.05) is 17.3 Å². The molecule has 0 fully saturated rings. The molecule has 0 atom stereocenters. The predicted molar refractivity (Wildman–Crippen MR) is 68.7 cm³/mol. The number of rotatable bonds is 0. The van der Waals surface area contributed by atoms with Crippen molar-refractivity contribution in [2.75, 3.05) is 0 Å². The summed E-state index contributed by atoms with van der Waals surface area (Å²) in [6, 6.07) is 9.59. The summed E-state index contributed by atoms with van der Waals surface area (Å²) in [5.74, 6) is -0.162. The Balaban J connectivity index is 2.50. The van der Waals surface area contributed by atoms with E-state index in [2.05, 4.69) is 11.1 Å². The van der Waals surface area contributed by atoms with E-state index < -0.39 is 0 Å². The minimum Gasteiger partial charge on any atom is -0.261 e. The summed E-state index contributed by atoms with van der Waals surface area (Å²) >= 11 is 0. The van der Waals surface area contributed by atoms with E-state index in [0.29, 0.717) is 5.56 Å². The molecule has 1 aromatic heterocycles. The lowest BCUT2D eigenvalue weighted by atomic mass is 10.0. The summed E-state index contributed by atoms with van der Waals surface area (Å²) in [6.45, 7) is 3.74. The van der Waals surface area contributed by atoms with Crippen LogP contribution in [-0.2, 0) is 0 Å². The molecule has 0 amide bonds. The number of halogens is 1. The first-order valence-corrected chi connectivity index (χ1v) is 5.60. The molecule has 0 spiro atoms. The van der Waals surface area contributed by atoms with Gasteiger partial charge in [0.1, 0.15) is 5.82 Å². The van der Waals surface area contributed by atoms with E-state index in [0.717, 1.165) is 27.2 Å². The highest BCUT2D eigenvalue weighted by Gasteiger charge is 2.05. The highest BCUT2D eigenvalue weighted by molar-refractivity contribution is 6.07. The van der Waals surface area contributed by atoms with E-state index >= 15 is 0 Å². The molecular formula is C15H12FN. The van der Waals surface area contributed by atoms with Gasteiger partial charge in [-0.3, -0.25) is 4.98 Å². The SMILES string of the molecule is Cc1cc2ccc3cc(C)c(F)cc3c2cn1. The van der Waals surface area contributed by atoms with Crippen LogP contribution in [0.5, 0.6) is 0 Å². The number of nitrogens with zero attached hydrogens (tertiary/aromatic N) is 1. The van der Waals surface area contributed by atoms with Crippen LogP contribution in [-0.4, -0.2) is 4.98 Å². The highest BCUT2D eigenvalue weighted by Crippen LogP contribution is 2.27. The van der Waals surface area contributed by atoms with Crippen molar-refractivity contribution in [1.82, 2.24) is 4.98 Å². The van der Waals surface area contributed by atoms with Gasteiger partial charge in [-0.15, -0.1) is 0 Å². The van der Waals surface area contributed by atoms with Gasteiger partial charge in [-0.2, -0.15) is 0 Å². The van der Waals surface area contributed by atoms with Crippen LogP contribution < -0.4 is 0 Å². The van der Waals surface area contributed by atoms with Gasteiger partial charge in [0.2, 0.25) is 0 Å². The maximum Gasteiger partial charge on any atom is 0.126 e. The smallest absolute Gasteiger partial charge is 0.126 e.